The van der Waals surface area contributed by atoms with E-state index in [0.29, 0.717) is 6.42 Å². The van der Waals surface area contributed by atoms with Crippen LogP contribution in [0.2, 0.25) is 0 Å². The Morgan fingerprint density at radius 3 is 2.83 bits per heavy atom. The molecule has 1 saturated carbocycles. The van der Waals surface area contributed by atoms with E-state index in [1.54, 1.807) is 0 Å². The van der Waals surface area contributed by atoms with E-state index < -0.39 is 0 Å². The Morgan fingerprint density at radius 2 is 2.22 bits per heavy atom. The number of hydrogen-bond acceptors (Lipinski definition) is 3. The number of fused-ring (bicyclic) bond motifs is 1. The van der Waals surface area contributed by atoms with Crippen molar-refractivity contribution >= 4 is 23.0 Å². The van der Waals surface area contributed by atoms with Gasteiger partial charge >= 0.3 is 0 Å². The molecule has 4 N–H and O–H groups in total. The predicted molar refractivity (Wildman–Crippen MR) is 73.7 cm³/mol. The first kappa shape index (κ1) is 11.4. The summed E-state index contributed by atoms with van der Waals surface area (Å²) >= 11 is 0. The van der Waals surface area contributed by atoms with Gasteiger partial charge in [-0.1, -0.05) is 6.92 Å². The predicted octanol–water partition coefficient (Wildman–Crippen LogP) is 2.51. The molecule has 1 fully saturated rings. The molecule has 18 heavy (non-hydrogen) atoms. The quantitative estimate of drug-likeness (QED) is 0.717. The fourth-order valence-electron chi connectivity index (χ4n) is 2.86. The van der Waals surface area contributed by atoms with Crippen LogP contribution in [0.25, 0.3) is 0 Å². The highest BCUT2D eigenvalue weighted by molar-refractivity contribution is 6.00. The summed E-state index contributed by atoms with van der Waals surface area (Å²) in [6.07, 6.45) is 5.23. The third-order valence-electron chi connectivity index (χ3n) is 4.29. The molecule has 1 amide bonds. The Labute approximate surface area is 107 Å². The SMILES string of the molecule is CCC1(Nc2cc3c(cc2N)CC(=O)N3)CCC1. The second kappa shape index (κ2) is 3.90. The highest BCUT2D eigenvalue weighted by Gasteiger charge is 2.35. The fourth-order valence-corrected chi connectivity index (χ4v) is 2.86. The minimum absolute atomic E-state index is 0.0513. The average Bonchev–Trinajstić information content (AvgIpc) is 2.63. The summed E-state index contributed by atoms with van der Waals surface area (Å²) in [5.74, 6) is 0.0513. The van der Waals surface area contributed by atoms with Crippen LogP contribution in [0, 0.1) is 0 Å². The van der Waals surface area contributed by atoms with Crippen LogP contribution < -0.4 is 16.4 Å². The van der Waals surface area contributed by atoms with E-state index in [4.69, 9.17) is 5.73 Å². The van der Waals surface area contributed by atoms with Crippen LogP contribution in [0.3, 0.4) is 0 Å². The van der Waals surface area contributed by atoms with Crippen molar-refractivity contribution in [2.75, 3.05) is 16.4 Å². The first-order chi connectivity index (χ1) is 8.62. The highest BCUT2D eigenvalue weighted by atomic mass is 16.1. The number of anilines is 3. The van der Waals surface area contributed by atoms with Crippen molar-refractivity contribution < 1.29 is 4.79 Å². The number of rotatable bonds is 3. The largest absolute Gasteiger partial charge is 0.397 e. The van der Waals surface area contributed by atoms with E-state index in [1.165, 1.54) is 19.3 Å². The molecule has 1 heterocycles. The zero-order valence-corrected chi connectivity index (χ0v) is 10.7. The molecule has 1 aromatic rings. The van der Waals surface area contributed by atoms with Gasteiger partial charge in [-0.05, 0) is 43.4 Å². The molecule has 96 valence electrons. The number of nitrogens with two attached hydrogens (primary N) is 1. The van der Waals surface area contributed by atoms with Crippen molar-refractivity contribution in [1.82, 2.24) is 0 Å². The zero-order chi connectivity index (χ0) is 12.8. The third kappa shape index (κ3) is 1.72. The summed E-state index contributed by atoms with van der Waals surface area (Å²) in [6, 6.07) is 3.89. The summed E-state index contributed by atoms with van der Waals surface area (Å²) in [4.78, 5) is 11.4. The van der Waals surface area contributed by atoms with Gasteiger partial charge in [-0.3, -0.25) is 4.79 Å². The number of amides is 1. The second-order valence-electron chi connectivity index (χ2n) is 5.43. The summed E-state index contributed by atoms with van der Waals surface area (Å²) in [5.41, 5.74) is 9.90. The Hall–Kier alpha value is -1.71. The second-order valence-corrected chi connectivity index (χ2v) is 5.43. The minimum atomic E-state index is 0.0513. The van der Waals surface area contributed by atoms with Crippen molar-refractivity contribution in [2.24, 2.45) is 0 Å². The molecule has 4 nitrogen and oxygen atoms in total. The van der Waals surface area contributed by atoms with E-state index in [0.717, 1.165) is 29.0 Å². The smallest absolute Gasteiger partial charge is 0.228 e. The van der Waals surface area contributed by atoms with Gasteiger partial charge in [-0.25, -0.2) is 0 Å². The van der Waals surface area contributed by atoms with Gasteiger partial charge in [-0.2, -0.15) is 0 Å². The molecule has 1 aliphatic heterocycles. The Kier molecular flexibility index (Phi) is 2.47. The van der Waals surface area contributed by atoms with E-state index in [2.05, 4.69) is 17.6 Å². The highest BCUT2D eigenvalue weighted by Crippen LogP contribution is 2.41. The Morgan fingerprint density at radius 1 is 1.44 bits per heavy atom. The molecular formula is C14H19N3O. The number of carbonyl (C=O) groups excluding carboxylic acids is 1. The Bertz CT molecular complexity index is 500. The lowest BCUT2D eigenvalue weighted by Crippen LogP contribution is -2.44. The van der Waals surface area contributed by atoms with Crippen molar-refractivity contribution in [3.05, 3.63) is 17.7 Å². The number of nitrogen functional groups attached to an aromatic ring is 1. The van der Waals surface area contributed by atoms with Gasteiger partial charge in [0.1, 0.15) is 0 Å². The summed E-state index contributed by atoms with van der Waals surface area (Å²) in [7, 11) is 0. The zero-order valence-electron chi connectivity index (χ0n) is 10.7. The lowest BCUT2D eigenvalue weighted by Gasteiger charge is -2.43. The average molecular weight is 245 g/mol. The molecule has 0 atom stereocenters. The van der Waals surface area contributed by atoms with Gasteiger partial charge in [-0.15, -0.1) is 0 Å². The molecule has 3 rings (SSSR count). The van der Waals surface area contributed by atoms with Gasteiger partial charge < -0.3 is 16.4 Å². The van der Waals surface area contributed by atoms with Gasteiger partial charge in [0.25, 0.3) is 0 Å². The van der Waals surface area contributed by atoms with Crippen LogP contribution in [-0.2, 0) is 11.2 Å². The van der Waals surface area contributed by atoms with E-state index in [9.17, 15) is 4.79 Å². The van der Waals surface area contributed by atoms with Crippen LogP contribution >= 0.6 is 0 Å². The summed E-state index contributed by atoms with van der Waals surface area (Å²) < 4.78 is 0. The maximum absolute atomic E-state index is 11.4. The molecule has 0 radical (unpaired) electrons. The molecular weight excluding hydrogens is 226 g/mol. The van der Waals surface area contributed by atoms with Crippen LogP contribution in [-0.4, -0.2) is 11.4 Å². The standard InChI is InChI=1S/C14H19N3O/c1-2-14(4-3-5-14)17-12-8-11-9(6-10(12)15)7-13(18)16-11/h6,8,17H,2-5,7,15H2,1H3,(H,16,18). The molecule has 2 aliphatic rings. The van der Waals surface area contributed by atoms with Gasteiger partial charge in [0.15, 0.2) is 0 Å². The monoisotopic (exact) mass is 245 g/mol. The maximum atomic E-state index is 11.4. The molecule has 4 heteroatoms. The van der Waals surface area contributed by atoms with Gasteiger partial charge in [0.2, 0.25) is 5.91 Å². The number of hydrogen-bond donors (Lipinski definition) is 3. The van der Waals surface area contributed by atoms with Crippen LogP contribution in [0.15, 0.2) is 12.1 Å². The van der Waals surface area contributed by atoms with Crippen LogP contribution in [0.1, 0.15) is 38.2 Å². The normalized spacial score (nSPS) is 19.9. The molecule has 0 unspecified atom stereocenters. The molecule has 0 bridgehead atoms. The minimum Gasteiger partial charge on any atom is -0.397 e. The van der Waals surface area contributed by atoms with Crippen LogP contribution in [0.5, 0.6) is 0 Å². The van der Waals surface area contributed by atoms with Crippen molar-refractivity contribution in [3.8, 4) is 0 Å². The van der Waals surface area contributed by atoms with E-state index in [-0.39, 0.29) is 11.4 Å². The first-order valence-corrected chi connectivity index (χ1v) is 6.62. The topological polar surface area (TPSA) is 67.1 Å². The van der Waals surface area contributed by atoms with Crippen LogP contribution in [0.4, 0.5) is 17.1 Å². The van der Waals surface area contributed by atoms with Gasteiger partial charge in [0.05, 0.1) is 17.8 Å². The van der Waals surface area contributed by atoms with E-state index in [1.807, 2.05) is 12.1 Å². The Balaban J connectivity index is 1.89. The summed E-state index contributed by atoms with van der Waals surface area (Å²) in [5, 5.41) is 6.45. The number of benzene rings is 1. The molecule has 1 aliphatic carbocycles. The molecule has 0 aromatic heterocycles. The molecule has 0 saturated heterocycles. The maximum Gasteiger partial charge on any atom is 0.228 e. The van der Waals surface area contributed by atoms with Gasteiger partial charge in [0, 0.05) is 11.2 Å². The lowest BCUT2D eigenvalue weighted by atomic mass is 9.74. The molecule has 0 spiro atoms. The summed E-state index contributed by atoms with van der Waals surface area (Å²) in [6.45, 7) is 2.21. The number of carbonyl (C=O) groups is 1. The lowest BCUT2D eigenvalue weighted by molar-refractivity contribution is -0.115. The van der Waals surface area contributed by atoms with Crippen molar-refractivity contribution in [1.29, 1.82) is 0 Å². The number of nitrogens with one attached hydrogen (secondary N) is 2. The van der Waals surface area contributed by atoms with Crippen molar-refractivity contribution in [3.63, 3.8) is 0 Å². The first-order valence-electron chi connectivity index (χ1n) is 6.62. The van der Waals surface area contributed by atoms with Crippen molar-refractivity contribution in [2.45, 2.75) is 44.6 Å². The molecule has 1 aromatic carbocycles. The van der Waals surface area contributed by atoms with E-state index >= 15 is 0 Å². The fraction of sp³-hybridized carbons (Fsp3) is 0.500. The third-order valence-corrected chi connectivity index (χ3v) is 4.29.